The Bertz CT molecular complexity index is 184. The van der Waals surface area contributed by atoms with Crippen LogP contribution in [0.3, 0.4) is 0 Å². The van der Waals surface area contributed by atoms with E-state index in [4.69, 9.17) is 0 Å². The van der Waals surface area contributed by atoms with Gasteiger partial charge in [-0.2, -0.15) is 0 Å². The average molecular weight is 295 g/mol. The Labute approximate surface area is 108 Å². The number of hydrogen-bond donors (Lipinski definition) is 0. The monoisotopic (exact) mass is 294 g/mol. The first kappa shape index (κ1) is 19.0. The Kier molecular flexibility index (Phi) is 14.3. The second kappa shape index (κ2) is 12.1. The van der Waals surface area contributed by atoms with E-state index < -0.39 is 7.82 Å². The van der Waals surface area contributed by atoms with E-state index in [9.17, 15) is 14.4 Å². The van der Waals surface area contributed by atoms with E-state index in [-0.39, 0.29) is 23.1 Å². The van der Waals surface area contributed by atoms with Gasteiger partial charge in [-0.1, -0.05) is 51.9 Å². The molecule has 0 amide bonds. The van der Waals surface area contributed by atoms with Crippen LogP contribution in [0.1, 0.15) is 58.3 Å². The maximum atomic E-state index is 10.1. The third-order valence-electron chi connectivity index (χ3n) is 2.25. The van der Waals surface area contributed by atoms with Crippen molar-refractivity contribution in [2.45, 2.75) is 58.3 Å². The predicted octanol–water partition coefficient (Wildman–Crippen LogP) is 1.97. The van der Waals surface area contributed by atoms with Gasteiger partial charge in [0.15, 0.2) is 0 Å². The van der Waals surface area contributed by atoms with E-state index in [2.05, 4.69) is 11.4 Å². The molecule has 0 N–H and O–H groups in total. The molecule has 0 heterocycles. The topological polar surface area (TPSA) is 72.4 Å². The molecule has 4 nitrogen and oxygen atoms in total. The maximum absolute atomic E-state index is 10.1. The average Bonchev–Trinajstić information content (AvgIpc) is 2.14. The molecule has 0 atom stereocenters. The van der Waals surface area contributed by atoms with Crippen LogP contribution in [0.15, 0.2) is 0 Å². The van der Waals surface area contributed by atoms with Crippen LogP contribution in [-0.2, 0) is 25.6 Å². The first-order valence-corrected chi connectivity index (χ1v) is 7.19. The minimum absolute atomic E-state index is 0. The normalized spacial score (nSPS) is 11.2. The molecule has 0 aromatic rings. The number of phosphoric ester groups is 1. The van der Waals surface area contributed by atoms with Crippen molar-refractivity contribution in [3.63, 3.8) is 0 Å². The Balaban J connectivity index is 0. The van der Waals surface area contributed by atoms with E-state index in [1.807, 2.05) is 0 Å². The molecular weight excluding hydrogens is 274 g/mol. The van der Waals surface area contributed by atoms with Gasteiger partial charge >= 0.3 is 16.5 Å². The summed E-state index contributed by atoms with van der Waals surface area (Å²) in [6.45, 7) is 2.22. The molecule has 0 aromatic carbocycles. The fraction of sp³-hybridized carbons (Fsp3) is 1.00. The molecule has 16 heavy (non-hydrogen) atoms. The predicted molar refractivity (Wildman–Crippen MR) is 56.2 cm³/mol. The minimum Gasteiger partial charge on any atom is -0.790 e. The summed E-state index contributed by atoms with van der Waals surface area (Å²) in [5.74, 6) is 0. The number of rotatable bonds is 10. The van der Waals surface area contributed by atoms with Crippen LogP contribution in [0, 0.1) is 0 Å². The van der Waals surface area contributed by atoms with Crippen molar-refractivity contribution in [1.29, 1.82) is 0 Å². The Morgan fingerprint density at radius 2 is 1.38 bits per heavy atom. The van der Waals surface area contributed by atoms with Crippen LogP contribution >= 0.6 is 7.82 Å². The molecular formula is C10H21NiO4P. The van der Waals surface area contributed by atoms with E-state index in [1.165, 1.54) is 32.1 Å². The van der Waals surface area contributed by atoms with Gasteiger partial charge in [-0.25, -0.2) is 0 Å². The van der Waals surface area contributed by atoms with E-state index in [0.29, 0.717) is 6.42 Å². The summed E-state index contributed by atoms with van der Waals surface area (Å²) in [6.07, 6.45) is 8.93. The molecule has 0 aliphatic heterocycles. The van der Waals surface area contributed by atoms with Crippen LogP contribution in [0.5, 0.6) is 0 Å². The minimum atomic E-state index is -4.74. The van der Waals surface area contributed by atoms with Gasteiger partial charge in [-0.05, 0) is 6.42 Å². The number of hydrogen-bond acceptors (Lipinski definition) is 4. The third kappa shape index (κ3) is 17.0. The van der Waals surface area contributed by atoms with Crippen molar-refractivity contribution in [2.75, 3.05) is 6.61 Å². The fourth-order valence-electron chi connectivity index (χ4n) is 1.41. The SMILES string of the molecule is CCCCCCCCCCOP(=O)([O-])[O-].[Ni+2]. The van der Waals surface area contributed by atoms with Crippen molar-refractivity contribution in [3.05, 3.63) is 0 Å². The molecule has 0 aromatic heterocycles. The first-order valence-electron chi connectivity index (χ1n) is 5.73. The second-order valence-corrected chi connectivity index (χ2v) is 4.91. The molecule has 0 rings (SSSR count). The van der Waals surface area contributed by atoms with Gasteiger partial charge in [-0.15, -0.1) is 0 Å². The van der Waals surface area contributed by atoms with Crippen molar-refractivity contribution in [1.82, 2.24) is 0 Å². The smallest absolute Gasteiger partial charge is 0.790 e. The van der Waals surface area contributed by atoms with Crippen LogP contribution in [0.4, 0.5) is 0 Å². The standard InChI is InChI=1S/C10H23O4P.Ni/c1-2-3-4-5-6-7-8-9-10-14-15(11,12)13;/h2-10H2,1H3,(H2,11,12,13);/q;+2/p-2. The van der Waals surface area contributed by atoms with Gasteiger partial charge in [0, 0.05) is 0 Å². The zero-order chi connectivity index (χ0) is 11.6. The van der Waals surface area contributed by atoms with E-state index in [1.54, 1.807) is 0 Å². The van der Waals surface area contributed by atoms with Crippen LogP contribution < -0.4 is 9.79 Å². The molecule has 0 aliphatic carbocycles. The summed E-state index contributed by atoms with van der Waals surface area (Å²) in [7, 11) is -4.74. The molecule has 6 heteroatoms. The fourth-order valence-corrected chi connectivity index (χ4v) is 1.77. The Morgan fingerprint density at radius 3 is 1.81 bits per heavy atom. The summed E-state index contributed by atoms with van der Waals surface area (Å²) in [4.78, 5) is 20.2. The first-order chi connectivity index (χ1) is 7.06. The van der Waals surface area contributed by atoms with E-state index >= 15 is 0 Å². The second-order valence-electron chi connectivity index (χ2n) is 3.76. The molecule has 0 saturated carbocycles. The summed E-state index contributed by atoms with van der Waals surface area (Å²) in [5, 5.41) is 0. The largest absolute Gasteiger partial charge is 2.00 e. The molecule has 0 radical (unpaired) electrons. The van der Waals surface area contributed by atoms with Crippen molar-refractivity contribution in [2.24, 2.45) is 0 Å². The molecule has 0 saturated heterocycles. The number of unbranched alkanes of at least 4 members (excludes halogenated alkanes) is 7. The quantitative estimate of drug-likeness (QED) is 0.351. The molecule has 100 valence electrons. The third-order valence-corrected chi connectivity index (χ3v) is 2.75. The Hall–Kier alpha value is 0.604. The molecule has 0 aliphatic rings. The van der Waals surface area contributed by atoms with Gasteiger partial charge in [0.2, 0.25) is 0 Å². The van der Waals surface area contributed by atoms with Gasteiger partial charge in [0.05, 0.1) is 14.4 Å². The van der Waals surface area contributed by atoms with E-state index in [0.717, 1.165) is 12.8 Å². The summed E-state index contributed by atoms with van der Waals surface area (Å²) in [6, 6.07) is 0. The van der Waals surface area contributed by atoms with Crippen molar-refractivity contribution in [3.8, 4) is 0 Å². The number of phosphoric acid groups is 1. The molecule has 0 fully saturated rings. The summed E-state index contributed by atoms with van der Waals surface area (Å²) in [5.41, 5.74) is 0. The maximum Gasteiger partial charge on any atom is 2.00 e. The van der Waals surface area contributed by atoms with Crippen LogP contribution in [0.2, 0.25) is 0 Å². The molecule has 0 unspecified atom stereocenters. The summed E-state index contributed by atoms with van der Waals surface area (Å²) < 4.78 is 14.2. The molecule has 0 bridgehead atoms. The van der Waals surface area contributed by atoms with Gasteiger partial charge in [-0.3, -0.25) is 0 Å². The molecule has 0 spiro atoms. The van der Waals surface area contributed by atoms with Crippen LogP contribution in [0.25, 0.3) is 0 Å². The van der Waals surface area contributed by atoms with Gasteiger partial charge in [0.1, 0.15) is 0 Å². The summed E-state index contributed by atoms with van der Waals surface area (Å²) >= 11 is 0. The zero-order valence-electron chi connectivity index (χ0n) is 9.76. The Morgan fingerprint density at radius 1 is 0.938 bits per heavy atom. The van der Waals surface area contributed by atoms with Crippen molar-refractivity contribution < 1.29 is 35.4 Å². The van der Waals surface area contributed by atoms with Crippen LogP contribution in [-0.4, -0.2) is 6.61 Å². The van der Waals surface area contributed by atoms with Crippen molar-refractivity contribution >= 4 is 7.82 Å². The van der Waals surface area contributed by atoms with Gasteiger partial charge < -0.3 is 18.9 Å². The van der Waals surface area contributed by atoms with Gasteiger partial charge in [0.25, 0.3) is 0 Å². The zero-order valence-corrected chi connectivity index (χ0v) is 11.6.